The molecule has 0 bridgehead atoms. The minimum atomic E-state index is 0.453. The van der Waals surface area contributed by atoms with E-state index in [1.54, 1.807) is 0 Å². The van der Waals surface area contributed by atoms with Gasteiger partial charge in [-0.15, -0.1) is 6.58 Å². The Morgan fingerprint density at radius 3 is 2.12 bits per heavy atom. The molecule has 2 rings (SSSR count). The third kappa shape index (κ3) is 2.85. The van der Waals surface area contributed by atoms with Crippen LogP contribution in [0.25, 0.3) is 0 Å². The smallest absolute Gasteiger partial charge is 0.00610 e. The van der Waals surface area contributed by atoms with Crippen molar-refractivity contribution < 1.29 is 0 Å². The quantitative estimate of drug-likeness (QED) is 0.665. The maximum Gasteiger partial charge on any atom is 0.00610 e. The van der Waals surface area contributed by atoms with Crippen LogP contribution < -0.4 is 0 Å². The summed E-state index contributed by atoms with van der Waals surface area (Å²) in [7, 11) is 0. The first-order chi connectivity index (χ1) is 8.31. The van der Waals surface area contributed by atoms with Crippen molar-refractivity contribution in [1.29, 1.82) is 0 Å². The van der Waals surface area contributed by atoms with Gasteiger partial charge in [-0.2, -0.15) is 0 Å². The summed E-state index contributed by atoms with van der Waals surface area (Å²) in [5.74, 6) is 0.453. The van der Waals surface area contributed by atoms with Crippen LogP contribution in [-0.4, -0.2) is 0 Å². The molecule has 0 spiro atoms. The maximum atomic E-state index is 3.76. The number of hydrogen-bond donors (Lipinski definition) is 0. The van der Waals surface area contributed by atoms with Crippen molar-refractivity contribution in [1.82, 2.24) is 0 Å². The van der Waals surface area contributed by atoms with Crippen molar-refractivity contribution >= 4 is 0 Å². The first kappa shape index (κ1) is 11.7. The first-order valence-electron chi connectivity index (χ1n) is 6.06. The van der Waals surface area contributed by atoms with E-state index in [2.05, 4.69) is 68.1 Å². The van der Waals surface area contributed by atoms with Crippen LogP contribution in [0.1, 0.15) is 29.5 Å². The number of benzene rings is 2. The molecule has 0 aliphatic rings. The summed E-state index contributed by atoms with van der Waals surface area (Å²) in [4.78, 5) is 0. The van der Waals surface area contributed by atoms with E-state index < -0.39 is 0 Å². The van der Waals surface area contributed by atoms with Crippen LogP contribution in [0.5, 0.6) is 0 Å². The zero-order chi connectivity index (χ0) is 12.1. The van der Waals surface area contributed by atoms with E-state index in [1.165, 1.54) is 16.7 Å². The molecule has 0 heteroatoms. The van der Waals surface area contributed by atoms with E-state index in [4.69, 9.17) is 0 Å². The van der Waals surface area contributed by atoms with Crippen LogP contribution in [0.4, 0.5) is 0 Å². The highest BCUT2D eigenvalue weighted by molar-refractivity contribution is 5.33. The fourth-order valence-electron chi connectivity index (χ4n) is 2.04. The van der Waals surface area contributed by atoms with E-state index in [-0.39, 0.29) is 0 Å². The van der Waals surface area contributed by atoms with Gasteiger partial charge in [-0.05, 0) is 23.1 Å². The molecule has 0 N–H and O–H groups in total. The van der Waals surface area contributed by atoms with E-state index in [9.17, 15) is 0 Å². The van der Waals surface area contributed by atoms with Gasteiger partial charge < -0.3 is 0 Å². The van der Waals surface area contributed by atoms with Crippen molar-refractivity contribution in [3.05, 3.63) is 83.9 Å². The average Bonchev–Trinajstić information content (AvgIpc) is 2.40. The van der Waals surface area contributed by atoms with Gasteiger partial charge in [0.15, 0.2) is 0 Å². The van der Waals surface area contributed by atoms with Crippen molar-refractivity contribution in [3.8, 4) is 0 Å². The van der Waals surface area contributed by atoms with E-state index in [1.807, 2.05) is 6.08 Å². The van der Waals surface area contributed by atoms with E-state index in [0.717, 1.165) is 6.42 Å². The lowest BCUT2D eigenvalue weighted by molar-refractivity contribution is 0.920. The summed E-state index contributed by atoms with van der Waals surface area (Å²) >= 11 is 0. The molecule has 1 unspecified atom stereocenters. The largest absolute Gasteiger partial charge is 0.103 e. The molecule has 0 radical (unpaired) electrons. The lowest BCUT2D eigenvalue weighted by Crippen LogP contribution is -1.95. The van der Waals surface area contributed by atoms with Crippen LogP contribution in [0.15, 0.2) is 67.3 Å². The van der Waals surface area contributed by atoms with Gasteiger partial charge >= 0.3 is 0 Å². The highest BCUT2D eigenvalue weighted by atomic mass is 14.1. The molecular weight excluding hydrogens is 204 g/mol. The molecule has 0 fully saturated rings. The second kappa shape index (κ2) is 5.49. The number of rotatable bonds is 4. The Morgan fingerprint density at radius 2 is 1.53 bits per heavy atom. The Balaban J connectivity index is 2.20. The summed E-state index contributed by atoms with van der Waals surface area (Å²) in [6.07, 6.45) is 2.88. The van der Waals surface area contributed by atoms with Crippen molar-refractivity contribution in [3.63, 3.8) is 0 Å². The molecule has 2 aromatic rings. The van der Waals surface area contributed by atoms with Gasteiger partial charge in [-0.3, -0.25) is 0 Å². The minimum Gasteiger partial charge on any atom is -0.103 e. The van der Waals surface area contributed by atoms with Crippen LogP contribution in [-0.2, 0) is 6.42 Å². The summed E-state index contributed by atoms with van der Waals surface area (Å²) in [6, 6.07) is 19.4. The molecule has 0 nitrogen and oxygen atoms in total. The van der Waals surface area contributed by atoms with Gasteiger partial charge in [0.25, 0.3) is 0 Å². The third-order valence-electron chi connectivity index (χ3n) is 3.16. The maximum absolute atomic E-state index is 3.76. The Bertz CT molecular complexity index is 465. The van der Waals surface area contributed by atoms with Crippen molar-refractivity contribution in [2.75, 3.05) is 0 Å². The fraction of sp³-hybridized carbons (Fsp3) is 0.176. The Labute approximate surface area is 104 Å². The molecule has 1 atom stereocenters. The molecule has 0 aliphatic carbocycles. The predicted octanol–water partition coefficient (Wildman–Crippen LogP) is 4.57. The zero-order valence-electron chi connectivity index (χ0n) is 10.3. The van der Waals surface area contributed by atoms with Crippen molar-refractivity contribution in [2.24, 2.45) is 0 Å². The molecule has 2 aromatic carbocycles. The summed E-state index contributed by atoms with van der Waals surface area (Å²) < 4.78 is 0. The van der Waals surface area contributed by atoms with Gasteiger partial charge in [0.2, 0.25) is 0 Å². The second-order valence-electron chi connectivity index (χ2n) is 4.37. The molecule has 0 aromatic heterocycles. The molecule has 17 heavy (non-hydrogen) atoms. The molecule has 0 saturated carbocycles. The zero-order valence-corrected chi connectivity index (χ0v) is 10.3. The summed E-state index contributed by atoms with van der Waals surface area (Å²) in [5, 5.41) is 0. The second-order valence-corrected chi connectivity index (χ2v) is 4.37. The summed E-state index contributed by atoms with van der Waals surface area (Å²) in [6.45, 7) is 6.01. The van der Waals surface area contributed by atoms with Crippen LogP contribution in [0, 0.1) is 0 Å². The molecule has 86 valence electrons. The number of hydrogen-bond acceptors (Lipinski definition) is 0. The Morgan fingerprint density at radius 1 is 0.941 bits per heavy atom. The van der Waals surface area contributed by atoms with Gasteiger partial charge in [-0.1, -0.05) is 67.6 Å². The van der Waals surface area contributed by atoms with Gasteiger partial charge in [0.1, 0.15) is 0 Å². The fourth-order valence-corrected chi connectivity index (χ4v) is 2.04. The minimum absolute atomic E-state index is 0.453. The van der Waals surface area contributed by atoms with E-state index >= 15 is 0 Å². The van der Waals surface area contributed by atoms with Gasteiger partial charge in [0, 0.05) is 5.92 Å². The monoisotopic (exact) mass is 222 g/mol. The Hall–Kier alpha value is -1.82. The molecule has 0 heterocycles. The molecule has 0 amide bonds. The lowest BCUT2D eigenvalue weighted by atomic mass is 9.92. The predicted molar refractivity (Wildman–Crippen MR) is 74.3 cm³/mol. The number of allylic oxidation sites excluding steroid dienone is 1. The first-order valence-corrected chi connectivity index (χ1v) is 6.06. The highest BCUT2D eigenvalue weighted by Crippen LogP contribution is 2.23. The highest BCUT2D eigenvalue weighted by Gasteiger charge is 2.07. The topological polar surface area (TPSA) is 0 Å². The van der Waals surface area contributed by atoms with Crippen molar-refractivity contribution in [2.45, 2.75) is 19.3 Å². The van der Waals surface area contributed by atoms with E-state index in [0.29, 0.717) is 5.92 Å². The van der Waals surface area contributed by atoms with Crippen LogP contribution >= 0.6 is 0 Å². The van der Waals surface area contributed by atoms with Gasteiger partial charge in [-0.25, -0.2) is 0 Å². The van der Waals surface area contributed by atoms with Crippen LogP contribution in [0.3, 0.4) is 0 Å². The normalized spacial score (nSPS) is 12.1. The molecule has 0 saturated heterocycles. The Kier molecular flexibility index (Phi) is 3.77. The third-order valence-corrected chi connectivity index (χ3v) is 3.16. The van der Waals surface area contributed by atoms with Crippen LogP contribution in [0.2, 0.25) is 0 Å². The average molecular weight is 222 g/mol. The molecular formula is C17H18. The summed E-state index contributed by atoms with van der Waals surface area (Å²) in [5.41, 5.74) is 4.05. The van der Waals surface area contributed by atoms with Gasteiger partial charge in [0.05, 0.1) is 0 Å². The molecule has 0 aliphatic heterocycles. The lowest BCUT2D eigenvalue weighted by Gasteiger charge is -2.12. The SMILES string of the molecule is C=CCc1ccc(C(C)c2ccccc2)cc1. The standard InChI is InChI=1S/C17H18/c1-3-7-15-10-12-17(13-11-15)14(2)16-8-5-4-6-9-16/h3-6,8-14H,1,7H2,2H3.